The number of nitrogens with zero attached hydrogens (tertiary/aromatic N) is 2. The first kappa shape index (κ1) is 14.3. The van der Waals surface area contributed by atoms with Gasteiger partial charge in [-0.25, -0.2) is 0 Å². The Morgan fingerprint density at radius 2 is 1.89 bits per heavy atom. The lowest BCUT2D eigenvalue weighted by Gasteiger charge is -2.12. The SMILES string of the molecule is CCc1ccc(C(NN)=C(C#N)C#N)c(Cl)c1Cl. The van der Waals surface area contributed by atoms with Gasteiger partial charge in [-0.05, 0) is 12.0 Å². The zero-order valence-corrected chi connectivity index (χ0v) is 11.1. The van der Waals surface area contributed by atoms with Crippen LogP contribution in [0.1, 0.15) is 18.1 Å². The molecule has 0 radical (unpaired) electrons. The Morgan fingerprint density at radius 1 is 1.28 bits per heavy atom. The van der Waals surface area contributed by atoms with Crippen molar-refractivity contribution in [1.29, 1.82) is 10.5 Å². The molecule has 0 fully saturated rings. The Morgan fingerprint density at radius 3 is 2.33 bits per heavy atom. The molecule has 0 atom stereocenters. The smallest absolute Gasteiger partial charge is 0.154 e. The van der Waals surface area contributed by atoms with Gasteiger partial charge in [0.2, 0.25) is 0 Å². The van der Waals surface area contributed by atoms with Crippen LogP contribution in [0, 0.1) is 22.7 Å². The largest absolute Gasteiger partial charge is 0.322 e. The van der Waals surface area contributed by atoms with Gasteiger partial charge in [-0.2, -0.15) is 10.5 Å². The molecule has 0 heterocycles. The van der Waals surface area contributed by atoms with E-state index in [2.05, 4.69) is 5.43 Å². The summed E-state index contributed by atoms with van der Waals surface area (Å²) in [5.74, 6) is 5.33. The third-order valence-corrected chi connectivity index (χ3v) is 3.35. The number of rotatable bonds is 3. The van der Waals surface area contributed by atoms with Gasteiger partial charge in [0, 0.05) is 5.56 Å². The number of nitriles is 2. The van der Waals surface area contributed by atoms with Crippen molar-refractivity contribution in [3.63, 3.8) is 0 Å². The number of benzene rings is 1. The van der Waals surface area contributed by atoms with Crippen molar-refractivity contribution >= 4 is 28.9 Å². The van der Waals surface area contributed by atoms with Crippen molar-refractivity contribution in [3.8, 4) is 12.1 Å². The maximum absolute atomic E-state index is 8.85. The second-order valence-electron chi connectivity index (χ2n) is 3.37. The standard InChI is InChI=1S/C12H10Cl2N4/c1-2-7-3-4-9(11(14)10(7)13)12(18-17)8(5-15)6-16/h3-4,18H,2,17H2,1H3. The molecule has 6 heteroatoms. The lowest BCUT2D eigenvalue weighted by molar-refractivity contribution is 0.986. The summed E-state index contributed by atoms with van der Waals surface area (Å²) in [7, 11) is 0. The minimum absolute atomic E-state index is 0.153. The maximum atomic E-state index is 8.85. The van der Waals surface area contributed by atoms with Crippen molar-refractivity contribution in [1.82, 2.24) is 5.43 Å². The first-order valence-electron chi connectivity index (χ1n) is 5.09. The van der Waals surface area contributed by atoms with E-state index in [1.807, 2.05) is 6.92 Å². The van der Waals surface area contributed by atoms with Crippen LogP contribution < -0.4 is 11.3 Å². The second-order valence-corrected chi connectivity index (χ2v) is 4.13. The van der Waals surface area contributed by atoms with Crippen molar-refractivity contribution in [2.75, 3.05) is 0 Å². The average molecular weight is 281 g/mol. The maximum Gasteiger partial charge on any atom is 0.154 e. The molecule has 0 aliphatic heterocycles. The third kappa shape index (κ3) is 2.57. The van der Waals surface area contributed by atoms with E-state index in [4.69, 9.17) is 39.6 Å². The number of nitrogens with two attached hydrogens (primary N) is 1. The van der Waals surface area contributed by atoms with Gasteiger partial charge in [-0.3, -0.25) is 5.84 Å². The summed E-state index contributed by atoms with van der Waals surface area (Å²) in [6, 6.07) is 6.96. The van der Waals surface area contributed by atoms with Crippen molar-refractivity contribution < 1.29 is 0 Å². The van der Waals surface area contributed by atoms with Gasteiger partial charge in [0.1, 0.15) is 12.1 Å². The average Bonchev–Trinajstić information content (AvgIpc) is 2.39. The van der Waals surface area contributed by atoms with Crippen LogP contribution in [0.25, 0.3) is 5.70 Å². The summed E-state index contributed by atoms with van der Waals surface area (Å²) in [6.07, 6.45) is 0.733. The molecule has 4 nitrogen and oxygen atoms in total. The number of aryl methyl sites for hydroxylation is 1. The summed E-state index contributed by atoms with van der Waals surface area (Å²) in [6.45, 7) is 1.95. The highest BCUT2D eigenvalue weighted by atomic mass is 35.5. The summed E-state index contributed by atoms with van der Waals surface area (Å²) < 4.78 is 0. The molecule has 0 unspecified atom stereocenters. The van der Waals surface area contributed by atoms with E-state index < -0.39 is 0 Å². The fourth-order valence-electron chi connectivity index (χ4n) is 1.48. The summed E-state index contributed by atoms with van der Waals surface area (Å²) in [5, 5.41) is 18.4. The normalized spacial score (nSPS) is 9.22. The van der Waals surface area contributed by atoms with Crippen LogP contribution in [0.5, 0.6) is 0 Å². The van der Waals surface area contributed by atoms with Crippen LogP contribution in [0.4, 0.5) is 0 Å². The summed E-state index contributed by atoms with van der Waals surface area (Å²) in [5.41, 5.74) is 3.64. The predicted molar refractivity (Wildman–Crippen MR) is 71.3 cm³/mol. The van der Waals surface area contributed by atoms with Crippen molar-refractivity contribution in [2.45, 2.75) is 13.3 Å². The Kier molecular flexibility index (Phi) is 5.00. The molecule has 1 aromatic carbocycles. The van der Waals surface area contributed by atoms with Crippen molar-refractivity contribution in [2.24, 2.45) is 5.84 Å². The molecule has 0 bridgehead atoms. The topological polar surface area (TPSA) is 85.6 Å². The lowest BCUT2D eigenvalue weighted by Crippen LogP contribution is -2.21. The first-order valence-corrected chi connectivity index (χ1v) is 5.84. The van der Waals surface area contributed by atoms with Gasteiger partial charge in [-0.1, -0.05) is 42.3 Å². The van der Waals surface area contributed by atoms with Gasteiger partial charge in [0.05, 0.1) is 15.7 Å². The number of halogens is 2. The highest BCUT2D eigenvalue weighted by molar-refractivity contribution is 6.43. The Bertz CT molecular complexity index is 563. The van der Waals surface area contributed by atoms with E-state index in [-0.39, 0.29) is 16.3 Å². The molecule has 3 N–H and O–H groups in total. The molecular formula is C12H10Cl2N4. The molecule has 1 aromatic rings. The fraction of sp³-hybridized carbons (Fsp3) is 0.167. The second kappa shape index (κ2) is 6.28. The van der Waals surface area contributed by atoms with Gasteiger partial charge in [-0.15, -0.1) is 0 Å². The quantitative estimate of drug-likeness (QED) is 0.506. The molecular weight excluding hydrogens is 271 g/mol. The highest BCUT2D eigenvalue weighted by Crippen LogP contribution is 2.33. The number of hydrogen-bond acceptors (Lipinski definition) is 4. The minimum Gasteiger partial charge on any atom is -0.322 e. The van der Waals surface area contributed by atoms with Crippen LogP contribution in [-0.2, 0) is 6.42 Å². The minimum atomic E-state index is -0.153. The van der Waals surface area contributed by atoms with Crippen LogP contribution in [0.15, 0.2) is 17.7 Å². The molecule has 0 saturated heterocycles. The van der Waals surface area contributed by atoms with E-state index in [9.17, 15) is 0 Å². The van der Waals surface area contributed by atoms with Gasteiger partial charge < -0.3 is 5.43 Å². The molecule has 0 amide bonds. The first-order chi connectivity index (χ1) is 8.60. The van der Waals surface area contributed by atoms with E-state index in [1.54, 1.807) is 24.3 Å². The van der Waals surface area contributed by atoms with E-state index >= 15 is 0 Å². The number of nitrogens with one attached hydrogen (secondary N) is 1. The zero-order chi connectivity index (χ0) is 13.7. The van der Waals surface area contributed by atoms with E-state index in [1.165, 1.54) is 0 Å². The number of hydrazine groups is 1. The Hall–Kier alpha value is -1.72. The summed E-state index contributed by atoms with van der Waals surface area (Å²) in [4.78, 5) is 0. The highest BCUT2D eigenvalue weighted by Gasteiger charge is 2.15. The van der Waals surface area contributed by atoms with Gasteiger partial charge in [0.25, 0.3) is 0 Å². The van der Waals surface area contributed by atoms with Crippen LogP contribution in [-0.4, -0.2) is 0 Å². The molecule has 0 aliphatic carbocycles. The molecule has 18 heavy (non-hydrogen) atoms. The van der Waals surface area contributed by atoms with Crippen LogP contribution in [0.3, 0.4) is 0 Å². The number of hydrogen-bond donors (Lipinski definition) is 2. The monoisotopic (exact) mass is 280 g/mol. The van der Waals surface area contributed by atoms with Crippen LogP contribution >= 0.6 is 23.2 Å². The van der Waals surface area contributed by atoms with Crippen molar-refractivity contribution in [3.05, 3.63) is 38.9 Å². The Balaban J connectivity index is 3.53. The zero-order valence-electron chi connectivity index (χ0n) is 9.59. The Labute approximate surface area is 115 Å². The molecule has 0 saturated carbocycles. The molecule has 0 aliphatic rings. The van der Waals surface area contributed by atoms with E-state index in [0.717, 1.165) is 12.0 Å². The molecule has 0 spiro atoms. The van der Waals surface area contributed by atoms with E-state index in [0.29, 0.717) is 10.6 Å². The van der Waals surface area contributed by atoms with Gasteiger partial charge >= 0.3 is 0 Å². The fourth-order valence-corrected chi connectivity index (χ4v) is 2.05. The lowest BCUT2D eigenvalue weighted by atomic mass is 10.0. The molecule has 0 aromatic heterocycles. The summed E-state index contributed by atoms with van der Waals surface area (Å²) >= 11 is 12.2. The molecule has 1 rings (SSSR count). The predicted octanol–water partition coefficient (Wildman–Crippen LogP) is 2.78. The van der Waals surface area contributed by atoms with Gasteiger partial charge in [0.15, 0.2) is 5.57 Å². The van der Waals surface area contributed by atoms with Crippen LogP contribution in [0.2, 0.25) is 10.0 Å². The third-order valence-electron chi connectivity index (χ3n) is 2.43. The molecule has 92 valence electrons. The number of allylic oxidation sites excluding steroid dienone is 1.